The second-order valence-electron chi connectivity index (χ2n) is 8.04. The van der Waals surface area contributed by atoms with Gasteiger partial charge in [-0.2, -0.15) is 0 Å². The third-order valence-corrected chi connectivity index (χ3v) is 6.31. The van der Waals surface area contributed by atoms with Crippen molar-refractivity contribution in [2.75, 3.05) is 34.5 Å². The molecule has 2 aromatic rings. The molecule has 0 bridgehead atoms. The van der Waals surface area contributed by atoms with Crippen LogP contribution in [-0.2, 0) is 4.74 Å². The van der Waals surface area contributed by atoms with Crippen molar-refractivity contribution in [3.63, 3.8) is 0 Å². The Bertz CT molecular complexity index is 899. The Balaban J connectivity index is 1.68. The third kappa shape index (κ3) is 4.18. The lowest BCUT2D eigenvalue weighted by Crippen LogP contribution is -2.45. The first-order valence-corrected chi connectivity index (χ1v) is 10.6. The fourth-order valence-corrected chi connectivity index (χ4v) is 4.68. The van der Waals surface area contributed by atoms with Gasteiger partial charge in [0.15, 0.2) is 0 Å². The Morgan fingerprint density at radius 1 is 0.903 bits per heavy atom. The molecule has 168 valence electrons. The van der Waals surface area contributed by atoms with Gasteiger partial charge in [-0.1, -0.05) is 0 Å². The van der Waals surface area contributed by atoms with Crippen LogP contribution in [0.3, 0.4) is 0 Å². The van der Waals surface area contributed by atoms with Crippen LogP contribution in [0.25, 0.3) is 0 Å². The monoisotopic (exact) mass is 430 g/mol. The van der Waals surface area contributed by atoms with Crippen LogP contribution in [0.1, 0.15) is 36.2 Å². The molecule has 7 nitrogen and oxygen atoms in total. The maximum Gasteiger partial charge on any atom is 0.125 e. The first kappa shape index (κ1) is 21.7. The van der Waals surface area contributed by atoms with Crippen molar-refractivity contribution in [3.8, 4) is 23.0 Å². The van der Waals surface area contributed by atoms with Crippen molar-refractivity contribution in [2.45, 2.75) is 31.2 Å². The summed E-state index contributed by atoms with van der Waals surface area (Å²) in [5.74, 6) is 1.84. The number of aliphatic hydroxyl groups is 2. The molecule has 0 aromatic heterocycles. The summed E-state index contributed by atoms with van der Waals surface area (Å²) in [6, 6.07) is 10.8. The minimum absolute atomic E-state index is 0.283. The molecule has 2 N–H and O–H groups in total. The Labute approximate surface area is 182 Å². The lowest BCUT2D eigenvalue weighted by molar-refractivity contribution is -0.0888. The standard InChI is InChI=1S/C24H30O7/c1-27-10-4-5-21-22(24(26)17-12-15(29-3)7-9-20(17)31-21)18-13-30-19-8-6-14(28-2)11-16(19)23(18)25/h6-9,11-12,18,21-26H,4-5,10,13H2,1-3H3/t18-,21-,22+,23+,24-/m0/s1. The first-order valence-electron chi connectivity index (χ1n) is 10.6. The smallest absolute Gasteiger partial charge is 0.125 e. The van der Waals surface area contributed by atoms with Gasteiger partial charge in [-0.05, 0) is 49.2 Å². The topological polar surface area (TPSA) is 86.6 Å². The van der Waals surface area contributed by atoms with Gasteiger partial charge in [0.25, 0.3) is 0 Å². The molecular formula is C24H30O7. The van der Waals surface area contributed by atoms with Gasteiger partial charge in [0, 0.05) is 36.7 Å². The van der Waals surface area contributed by atoms with Crippen LogP contribution in [-0.4, -0.2) is 50.9 Å². The molecule has 2 aromatic carbocycles. The molecule has 0 unspecified atom stereocenters. The van der Waals surface area contributed by atoms with E-state index in [1.54, 1.807) is 45.6 Å². The number of methoxy groups -OCH3 is 3. The van der Waals surface area contributed by atoms with E-state index >= 15 is 0 Å². The Hall–Kier alpha value is -2.48. The summed E-state index contributed by atoms with van der Waals surface area (Å²) >= 11 is 0. The lowest BCUT2D eigenvalue weighted by Gasteiger charge is -2.44. The lowest BCUT2D eigenvalue weighted by atomic mass is 9.73. The molecule has 0 radical (unpaired) electrons. The summed E-state index contributed by atoms with van der Waals surface area (Å²) in [5, 5.41) is 22.7. The van der Waals surface area contributed by atoms with E-state index in [0.29, 0.717) is 47.2 Å². The molecule has 4 rings (SSSR count). The zero-order chi connectivity index (χ0) is 22.0. The van der Waals surface area contributed by atoms with Gasteiger partial charge in [-0.15, -0.1) is 0 Å². The van der Waals surface area contributed by atoms with E-state index in [9.17, 15) is 10.2 Å². The first-order chi connectivity index (χ1) is 15.1. The largest absolute Gasteiger partial charge is 0.497 e. The average molecular weight is 430 g/mol. The summed E-state index contributed by atoms with van der Waals surface area (Å²) in [4.78, 5) is 0. The summed E-state index contributed by atoms with van der Waals surface area (Å²) < 4.78 is 28.2. The Morgan fingerprint density at radius 2 is 1.55 bits per heavy atom. The van der Waals surface area contributed by atoms with E-state index in [2.05, 4.69) is 0 Å². The van der Waals surface area contributed by atoms with Gasteiger partial charge in [-0.25, -0.2) is 0 Å². The van der Waals surface area contributed by atoms with Crippen molar-refractivity contribution < 1.29 is 33.9 Å². The summed E-state index contributed by atoms with van der Waals surface area (Å²) in [5.41, 5.74) is 1.32. The summed E-state index contributed by atoms with van der Waals surface area (Å²) in [6.07, 6.45) is -0.471. The number of fused-ring (bicyclic) bond motifs is 2. The number of benzene rings is 2. The van der Waals surface area contributed by atoms with Gasteiger partial charge < -0.3 is 33.9 Å². The fraction of sp³-hybridized carbons (Fsp3) is 0.500. The van der Waals surface area contributed by atoms with Crippen LogP contribution >= 0.6 is 0 Å². The highest BCUT2D eigenvalue weighted by Crippen LogP contribution is 2.50. The fourth-order valence-electron chi connectivity index (χ4n) is 4.68. The van der Waals surface area contributed by atoms with Gasteiger partial charge in [-0.3, -0.25) is 0 Å². The van der Waals surface area contributed by atoms with Crippen LogP contribution in [0.4, 0.5) is 0 Å². The van der Waals surface area contributed by atoms with Crippen LogP contribution in [0, 0.1) is 11.8 Å². The molecule has 2 aliphatic heterocycles. The van der Waals surface area contributed by atoms with E-state index in [1.807, 2.05) is 12.1 Å². The summed E-state index contributed by atoms with van der Waals surface area (Å²) in [6.45, 7) is 0.882. The number of hydrogen-bond acceptors (Lipinski definition) is 7. The van der Waals surface area contributed by atoms with Gasteiger partial charge in [0.05, 0.1) is 33.0 Å². The van der Waals surface area contributed by atoms with Gasteiger partial charge >= 0.3 is 0 Å². The van der Waals surface area contributed by atoms with E-state index in [1.165, 1.54) is 0 Å². The third-order valence-electron chi connectivity index (χ3n) is 6.31. The van der Waals surface area contributed by atoms with E-state index < -0.39 is 12.2 Å². The number of rotatable bonds is 7. The molecule has 5 atom stereocenters. The Kier molecular flexibility index (Phi) is 6.55. The molecule has 2 heterocycles. The maximum atomic E-state index is 11.4. The predicted octanol–water partition coefficient (Wildman–Crippen LogP) is 3.28. The normalized spacial score (nSPS) is 26.8. The molecule has 0 fully saturated rings. The van der Waals surface area contributed by atoms with E-state index in [-0.39, 0.29) is 24.5 Å². The van der Waals surface area contributed by atoms with Crippen molar-refractivity contribution >= 4 is 0 Å². The molecule has 2 aliphatic rings. The van der Waals surface area contributed by atoms with Crippen LogP contribution in [0.5, 0.6) is 23.0 Å². The number of hydrogen-bond donors (Lipinski definition) is 2. The molecule has 0 saturated carbocycles. The van der Waals surface area contributed by atoms with Crippen molar-refractivity contribution in [3.05, 3.63) is 47.5 Å². The van der Waals surface area contributed by atoms with Crippen LogP contribution in [0.15, 0.2) is 36.4 Å². The van der Waals surface area contributed by atoms with E-state index in [0.717, 1.165) is 6.42 Å². The molecule has 7 heteroatoms. The second kappa shape index (κ2) is 9.34. The minimum Gasteiger partial charge on any atom is -0.497 e. The minimum atomic E-state index is -0.832. The van der Waals surface area contributed by atoms with Gasteiger partial charge in [0.2, 0.25) is 0 Å². The highest BCUT2D eigenvalue weighted by Gasteiger charge is 2.47. The number of aliphatic hydroxyl groups excluding tert-OH is 2. The maximum absolute atomic E-state index is 11.4. The quantitative estimate of drug-likeness (QED) is 0.652. The van der Waals surface area contributed by atoms with Crippen molar-refractivity contribution in [1.29, 1.82) is 0 Å². The molecular weight excluding hydrogens is 400 g/mol. The zero-order valence-corrected chi connectivity index (χ0v) is 18.1. The van der Waals surface area contributed by atoms with E-state index in [4.69, 9.17) is 23.7 Å². The van der Waals surface area contributed by atoms with Crippen molar-refractivity contribution in [1.82, 2.24) is 0 Å². The molecule has 0 spiro atoms. The second-order valence-corrected chi connectivity index (χ2v) is 8.04. The van der Waals surface area contributed by atoms with Crippen LogP contribution < -0.4 is 18.9 Å². The number of ether oxygens (including phenoxy) is 5. The Morgan fingerprint density at radius 3 is 2.19 bits per heavy atom. The highest BCUT2D eigenvalue weighted by molar-refractivity contribution is 5.45. The molecule has 0 saturated heterocycles. The highest BCUT2D eigenvalue weighted by atomic mass is 16.5. The molecule has 31 heavy (non-hydrogen) atoms. The SMILES string of the molecule is COCCC[C@@H]1Oc2ccc(OC)cc2[C@H](O)[C@@H]1[C@@H]1COc2ccc(OC)cc2[C@H]1O. The average Bonchev–Trinajstić information content (AvgIpc) is 2.80. The molecule has 0 amide bonds. The predicted molar refractivity (Wildman–Crippen MR) is 114 cm³/mol. The van der Waals surface area contributed by atoms with Gasteiger partial charge in [0.1, 0.15) is 29.1 Å². The zero-order valence-electron chi connectivity index (χ0n) is 18.1. The van der Waals surface area contributed by atoms with Crippen molar-refractivity contribution in [2.24, 2.45) is 11.8 Å². The molecule has 0 aliphatic carbocycles. The van der Waals surface area contributed by atoms with Crippen LogP contribution in [0.2, 0.25) is 0 Å². The summed E-state index contributed by atoms with van der Waals surface area (Å²) in [7, 11) is 4.84.